The highest BCUT2D eigenvalue weighted by atomic mass is 32.1. The molecule has 0 bridgehead atoms. The van der Waals surface area contributed by atoms with Crippen LogP contribution in [0.5, 0.6) is 0 Å². The van der Waals surface area contributed by atoms with Gasteiger partial charge in [-0.3, -0.25) is 4.90 Å². The summed E-state index contributed by atoms with van der Waals surface area (Å²) in [5.41, 5.74) is 2.13. The van der Waals surface area contributed by atoms with Crippen LogP contribution in [0, 0.1) is 17.2 Å². The van der Waals surface area contributed by atoms with Gasteiger partial charge in [-0.05, 0) is 37.5 Å². The zero-order valence-corrected chi connectivity index (χ0v) is 16.0. The summed E-state index contributed by atoms with van der Waals surface area (Å²) in [6, 6.07) is 9.00. The molecular weight excluding hydrogens is 330 g/mol. The first-order valence-electron chi connectivity index (χ1n) is 8.85. The highest BCUT2D eigenvalue weighted by Crippen LogP contribution is 2.32. The molecule has 0 N–H and O–H groups in total. The second kappa shape index (κ2) is 7.94. The summed E-state index contributed by atoms with van der Waals surface area (Å²) >= 11 is 1.65. The standard InChI is InChI=1S/C19H25N5S/c1-14(2)9-17-10-18(19(11-20)25-17)24-8-7-23(15(3)12-24)13-16-5-4-6-21-22-16/h4-6,10,14-15H,7-9,12-13H2,1-3H3/t15-/m0/s1. The van der Waals surface area contributed by atoms with Crippen molar-refractivity contribution in [2.75, 3.05) is 24.5 Å². The van der Waals surface area contributed by atoms with Crippen molar-refractivity contribution in [1.29, 1.82) is 5.26 Å². The summed E-state index contributed by atoms with van der Waals surface area (Å²) in [4.78, 5) is 6.98. The van der Waals surface area contributed by atoms with Gasteiger partial charge in [0.25, 0.3) is 0 Å². The molecule has 5 nitrogen and oxygen atoms in total. The topological polar surface area (TPSA) is 56.1 Å². The molecule has 3 heterocycles. The van der Waals surface area contributed by atoms with Crippen LogP contribution in [0.1, 0.15) is 36.2 Å². The highest BCUT2D eigenvalue weighted by molar-refractivity contribution is 7.13. The van der Waals surface area contributed by atoms with Crippen molar-refractivity contribution in [3.8, 4) is 6.07 Å². The van der Waals surface area contributed by atoms with E-state index in [1.54, 1.807) is 17.5 Å². The molecule has 0 saturated carbocycles. The zero-order chi connectivity index (χ0) is 17.8. The van der Waals surface area contributed by atoms with Crippen LogP contribution in [0.2, 0.25) is 0 Å². The predicted molar refractivity (Wildman–Crippen MR) is 102 cm³/mol. The Morgan fingerprint density at radius 3 is 2.88 bits per heavy atom. The van der Waals surface area contributed by atoms with Gasteiger partial charge < -0.3 is 4.90 Å². The Bertz CT molecular complexity index is 734. The van der Waals surface area contributed by atoms with E-state index in [1.807, 2.05) is 12.1 Å². The Labute approximate surface area is 153 Å². The van der Waals surface area contributed by atoms with Gasteiger partial charge in [-0.15, -0.1) is 11.3 Å². The van der Waals surface area contributed by atoms with E-state index < -0.39 is 0 Å². The third-order valence-corrected chi connectivity index (χ3v) is 5.62. The van der Waals surface area contributed by atoms with Crippen LogP contribution in [0.3, 0.4) is 0 Å². The Balaban J connectivity index is 1.68. The van der Waals surface area contributed by atoms with Crippen LogP contribution in [-0.4, -0.2) is 40.8 Å². The molecule has 0 unspecified atom stereocenters. The van der Waals surface area contributed by atoms with Crippen molar-refractivity contribution in [3.05, 3.63) is 39.8 Å². The summed E-state index contributed by atoms with van der Waals surface area (Å²) in [6.45, 7) is 10.4. The molecule has 2 aromatic rings. The third-order valence-electron chi connectivity index (χ3n) is 4.57. The molecule has 6 heteroatoms. The molecule has 0 radical (unpaired) electrons. The van der Waals surface area contributed by atoms with Gasteiger partial charge in [-0.2, -0.15) is 15.5 Å². The van der Waals surface area contributed by atoms with Gasteiger partial charge in [-0.1, -0.05) is 13.8 Å². The van der Waals surface area contributed by atoms with Gasteiger partial charge in [0.05, 0.1) is 11.4 Å². The second-order valence-electron chi connectivity index (χ2n) is 7.12. The van der Waals surface area contributed by atoms with Crippen molar-refractivity contribution in [2.24, 2.45) is 5.92 Å². The van der Waals surface area contributed by atoms with Crippen LogP contribution in [0.25, 0.3) is 0 Å². The zero-order valence-electron chi connectivity index (χ0n) is 15.1. The molecule has 0 aromatic carbocycles. The summed E-state index contributed by atoms with van der Waals surface area (Å²) in [5, 5.41) is 17.7. The summed E-state index contributed by atoms with van der Waals surface area (Å²) < 4.78 is 0. The fourth-order valence-corrected chi connectivity index (χ4v) is 4.51. The number of anilines is 1. The van der Waals surface area contributed by atoms with E-state index in [0.29, 0.717) is 12.0 Å². The number of piperazine rings is 1. The van der Waals surface area contributed by atoms with E-state index in [9.17, 15) is 5.26 Å². The number of nitriles is 1. The Kier molecular flexibility index (Phi) is 5.67. The maximum Gasteiger partial charge on any atom is 0.128 e. The fourth-order valence-electron chi connectivity index (χ4n) is 3.32. The average molecular weight is 356 g/mol. The Hall–Kier alpha value is -1.97. The van der Waals surface area contributed by atoms with Gasteiger partial charge in [0.15, 0.2) is 0 Å². The van der Waals surface area contributed by atoms with Crippen molar-refractivity contribution < 1.29 is 0 Å². The van der Waals surface area contributed by atoms with Gasteiger partial charge in [0, 0.05) is 43.3 Å². The van der Waals surface area contributed by atoms with Crippen molar-refractivity contribution >= 4 is 17.0 Å². The lowest BCUT2D eigenvalue weighted by atomic mass is 10.1. The van der Waals surface area contributed by atoms with Gasteiger partial charge in [0.2, 0.25) is 0 Å². The minimum absolute atomic E-state index is 0.413. The molecule has 0 aliphatic carbocycles. The Morgan fingerprint density at radius 1 is 1.40 bits per heavy atom. The normalized spacial score (nSPS) is 18.5. The summed E-state index contributed by atoms with van der Waals surface area (Å²) in [7, 11) is 0. The molecule has 1 saturated heterocycles. The van der Waals surface area contributed by atoms with E-state index in [1.165, 1.54) is 4.88 Å². The molecule has 1 aliphatic heterocycles. The number of rotatable bonds is 5. The summed E-state index contributed by atoms with van der Waals surface area (Å²) in [6.07, 6.45) is 2.75. The van der Waals surface area contributed by atoms with Gasteiger partial charge in [-0.25, -0.2) is 0 Å². The number of hydrogen-bond donors (Lipinski definition) is 0. The first-order chi connectivity index (χ1) is 12.1. The van der Waals surface area contributed by atoms with Crippen molar-refractivity contribution in [3.63, 3.8) is 0 Å². The van der Waals surface area contributed by atoms with Crippen molar-refractivity contribution in [1.82, 2.24) is 15.1 Å². The lowest BCUT2D eigenvalue weighted by Crippen LogP contribution is -2.51. The molecule has 132 valence electrons. The minimum atomic E-state index is 0.413. The fraction of sp³-hybridized carbons (Fsp3) is 0.526. The number of thiophene rings is 1. The van der Waals surface area contributed by atoms with E-state index >= 15 is 0 Å². The number of nitrogens with zero attached hydrogens (tertiary/aromatic N) is 5. The van der Waals surface area contributed by atoms with Crippen LogP contribution in [-0.2, 0) is 13.0 Å². The number of aromatic nitrogens is 2. The first kappa shape index (κ1) is 17.8. The molecule has 2 aromatic heterocycles. The maximum absolute atomic E-state index is 9.52. The van der Waals surface area contributed by atoms with Crippen LogP contribution in [0.4, 0.5) is 5.69 Å². The lowest BCUT2D eigenvalue weighted by molar-refractivity contribution is 0.178. The third kappa shape index (κ3) is 4.36. The predicted octanol–water partition coefficient (Wildman–Crippen LogP) is 3.32. The average Bonchev–Trinajstić information content (AvgIpc) is 3.00. The maximum atomic E-state index is 9.52. The smallest absolute Gasteiger partial charge is 0.128 e. The van der Waals surface area contributed by atoms with E-state index in [2.05, 4.69) is 52.9 Å². The SMILES string of the molecule is CC(C)Cc1cc(N2CCN(Cc3cccnn3)[C@@H](C)C2)c(C#N)s1. The lowest BCUT2D eigenvalue weighted by Gasteiger charge is -2.40. The Morgan fingerprint density at radius 2 is 2.24 bits per heavy atom. The van der Waals surface area contributed by atoms with E-state index in [-0.39, 0.29) is 0 Å². The second-order valence-corrected chi connectivity index (χ2v) is 8.25. The number of hydrogen-bond acceptors (Lipinski definition) is 6. The van der Waals surface area contributed by atoms with Gasteiger partial charge in [0.1, 0.15) is 10.9 Å². The van der Waals surface area contributed by atoms with Gasteiger partial charge >= 0.3 is 0 Å². The molecule has 1 fully saturated rings. The highest BCUT2D eigenvalue weighted by Gasteiger charge is 2.26. The van der Waals surface area contributed by atoms with Crippen LogP contribution in [0.15, 0.2) is 24.4 Å². The largest absolute Gasteiger partial charge is 0.367 e. The first-order valence-corrected chi connectivity index (χ1v) is 9.67. The molecule has 1 atom stereocenters. The molecule has 25 heavy (non-hydrogen) atoms. The minimum Gasteiger partial charge on any atom is -0.367 e. The molecule has 1 aliphatic rings. The monoisotopic (exact) mass is 355 g/mol. The van der Waals surface area contributed by atoms with Crippen LogP contribution < -0.4 is 4.90 Å². The molecule has 0 spiro atoms. The summed E-state index contributed by atoms with van der Waals surface area (Å²) in [5.74, 6) is 0.612. The van der Waals surface area contributed by atoms with E-state index in [0.717, 1.165) is 48.9 Å². The molecule has 0 amide bonds. The van der Waals surface area contributed by atoms with Crippen LogP contribution >= 0.6 is 11.3 Å². The molecule has 3 rings (SSSR count). The van der Waals surface area contributed by atoms with Crippen molar-refractivity contribution in [2.45, 2.75) is 39.8 Å². The van der Waals surface area contributed by atoms with E-state index in [4.69, 9.17) is 0 Å². The quantitative estimate of drug-likeness (QED) is 0.823. The molecular formula is C19H25N5S.